The molecule has 4 aliphatic carbocycles. The van der Waals surface area contributed by atoms with Gasteiger partial charge in [-0.3, -0.25) is 4.79 Å². The maximum atomic E-state index is 12.8. The molecule has 1 amide bonds. The average molecular weight is 248 g/mol. The van der Waals surface area contributed by atoms with E-state index in [2.05, 4.69) is 6.92 Å². The molecule has 0 aromatic carbocycles. The van der Waals surface area contributed by atoms with Crippen LogP contribution in [0.1, 0.15) is 45.4 Å². The minimum absolute atomic E-state index is 0.0129. The van der Waals surface area contributed by atoms with Gasteiger partial charge in [-0.25, -0.2) is 0 Å². The number of rotatable bonds is 1. The second kappa shape index (κ2) is 3.30. The van der Waals surface area contributed by atoms with Crippen molar-refractivity contribution in [1.29, 1.82) is 0 Å². The molecule has 5 aliphatic rings. The highest BCUT2D eigenvalue weighted by Gasteiger charge is 2.60. The number of hydrogen-bond donors (Lipinski definition) is 1. The maximum Gasteiger partial charge on any atom is 0.228 e. The van der Waals surface area contributed by atoms with Crippen LogP contribution in [0.2, 0.25) is 0 Å². The second-order valence-electron chi connectivity index (χ2n) is 8.02. The Morgan fingerprint density at radius 3 is 2.28 bits per heavy atom. The molecule has 0 spiro atoms. The first-order valence-corrected chi connectivity index (χ1v) is 7.53. The zero-order valence-corrected chi connectivity index (χ0v) is 11.3. The zero-order chi connectivity index (χ0) is 12.5. The molecule has 0 aromatic heterocycles. The van der Waals surface area contributed by atoms with Crippen molar-refractivity contribution < 1.29 is 4.79 Å². The van der Waals surface area contributed by atoms with Crippen molar-refractivity contribution in [3.05, 3.63) is 0 Å². The second-order valence-corrected chi connectivity index (χ2v) is 8.02. The topological polar surface area (TPSA) is 46.3 Å². The van der Waals surface area contributed by atoms with E-state index in [1.165, 1.54) is 32.1 Å². The van der Waals surface area contributed by atoms with Crippen LogP contribution >= 0.6 is 0 Å². The molecule has 2 N–H and O–H groups in total. The van der Waals surface area contributed by atoms with Gasteiger partial charge in [0.05, 0.1) is 5.41 Å². The smallest absolute Gasteiger partial charge is 0.228 e. The van der Waals surface area contributed by atoms with Crippen LogP contribution in [-0.4, -0.2) is 29.9 Å². The summed E-state index contributed by atoms with van der Waals surface area (Å²) in [6.45, 7) is 4.02. The first kappa shape index (κ1) is 11.3. The van der Waals surface area contributed by atoms with Crippen LogP contribution in [0.3, 0.4) is 0 Å². The van der Waals surface area contributed by atoms with E-state index in [0.717, 1.165) is 31.3 Å². The van der Waals surface area contributed by atoms with E-state index in [9.17, 15) is 4.79 Å². The molecule has 18 heavy (non-hydrogen) atoms. The predicted octanol–water partition coefficient (Wildman–Crippen LogP) is 1.76. The summed E-state index contributed by atoms with van der Waals surface area (Å²) in [6, 6.07) is 0.235. The highest BCUT2D eigenvalue weighted by atomic mass is 16.2. The molecule has 1 aliphatic heterocycles. The lowest BCUT2D eigenvalue weighted by Crippen LogP contribution is -2.64. The Morgan fingerprint density at radius 2 is 1.78 bits per heavy atom. The molecule has 3 nitrogen and oxygen atoms in total. The van der Waals surface area contributed by atoms with Crippen LogP contribution in [0.25, 0.3) is 0 Å². The molecule has 2 unspecified atom stereocenters. The van der Waals surface area contributed by atoms with Crippen molar-refractivity contribution in [2.75, 3.05) is 13.1 Å². The largest absolute Gasteiger partial charge is 0.339 e. The van der Waals surface area contributed by atoms with Gasteiger partial charge in [-0.15, -0.1) is 0 Å². The molecule has 2 atom stereocenters. The molecular formula is C15H24N2O. The van der Waals surface area contributed by atoms with Gasteiger partial charge >= 0.3 is 0 Å². The minimum atomic E-state index is 0.0129. The van der Waals surface area contributed by atoms with Crippen LogP contribution in [-0.2, 0) is 4.79 Å². The van der Waals surface area contributed by atoms with E-state index in [1.807, 2.05) is 4.90 Å². The van der Waals surface area contributed by atoms with E-state index in [4.69, 9.17) is 5.73 Å². The predicted molar refractivity (Wildman–Crippen MR) is 69.8 cm³/mol. The van der Waals surface area contributed by atoms with Gasteiger partial charge in [-0.05, 0) is 55.8 Å². The third-order valence-corrected chi connectivity index (χ3v) is 6.00. The number of hydrogen-bond acceptors (Lipinski definition) is 2. The summed E-state index contributed by atoms with van der Waals surface area (Å²) in [6.07, 6.45) is 7.63. The fourth-order valence-electron chi connectivity index (χ4n) is 5.98. The lowest BCUT2D eigenvalue weighted by molar-refractivity contribution is -0.170. The van der Waals surface area contributed by atoms with Gasteiger partial charge < -0.3 is 10.6 Å². The van der Waals surface area contributed by atoms with Crippen LogP contribution in [0.15, 0.2) is 0 Å². The monoisotopic (exact) mass is 248 g/mol. The van der Waals surface area contributed by atoms with Crippen LogP contribution < -0.4 is 5.73 Å². The first-order chi connectivity index (χ1) is 8.48. The molecule has 1 heterocycles. The maximum absolute atomic E-state index is 12.8. The molecule has 5 rings (SSSR count). The van der Waals surface area contributed by atoms with Gasteiger partial charge in [0.1, 0.15) is 0 Å². The summed E-state index contributed by atoms with van der Waals surface area (Å²) < 4.78 is 0. The van der Waals surface area contributed by atoms with Crippen molar-refractivity contribution in [3.63, 3.8) is 0 Å². The number of nitrogens with two attached hydrogens (primary N) is 1. The zero-order valence-electron chi connectivity index (χ0n) is 11.3. The highest BCUT2D eigenvalue weighted by Crippen LogP contribution is 2.65. The lowest BCUT2D eigenvalue weighted by atomic mass is 9.44. The number of carbonyl (C=O) groups is 1. The quantitative estimate of drug-likeness (QED) is 0.768. The highest BCUT2D eigenvalue weighted by molar-refractivity contribution is 5.84. The normalized spacial score (nSPS) is 50.4. The van der Waals surface area contributed by atoms with E-state index < -0.39 is 0 Å². The number of likely N-dealkylation sites (tertiary alicyclic amines) is 1. The standard InChI is InChI=1S/C15H24N2O/c1-14-3-10-2-11(4-14)6-15(5-10,9-14)13(18)17-7-12(16)8-17/h10-12H,2-9,16H2,1H3. The molecule has 1 saturated heterocycles. The summed E-state index contributed by atoms with van der Waals surface area (Å²) in [5.41, 5.74) is 6.31. The van der Waals surface area contributed by atoms with Crippen molar-refractivity contribution >= 4 is 5.91 Å². The van der Waals surface area contributed by atoms with Crippen LogP contribution in [0, 0.1) is 22.7 Å². The third kappa shape index (κ3) is 1.43. The number of amides is 1. The summed E-state index contributed by atoms with van der Waals surface area (Å²) in [5, 5.41) is 0. The number of nitrogens with zero attached hydrogens (tertiary/aromatic N) is 1. The fraction of sp³-hybridized carbons (Fsp3) is 0.933. The van der Waals surface area contributed by atoms with Crippen LogP contribution in [0.5, 0.6) is 0 Å². The summed E-state index contributed by atoms with van der Waals surface area (Å²) >= 11 is 0. The Bertz CT molecular complexity index is 385. The third-order valence-electron chi connectivity index (χ3n) is 6.00. The average Bonchev–Trinajstić information content (AvgIpc) is 2.20. The molecule has 5 fully saturated rings. The van der Waals surface area contributed by atoms with Gasteiger partial charge in [-0.2, -0.15) is 0 Å². The Balaban J connectivity index is 1.61. The Labute approximate surface area is 109 Å². The Kier molecular flexibility index (Phi) is 2.07. The molecule has 100 valence electrons. The van der Waals surface area contributed by atoms with E-state index in [0.29, 0.717) is 11.3 Å². The molecule has 3 heteroatoms. The Hall–Kier alpha value is -0.570. The van der Waals surface area contributed by atoms with Gasteiger partial charge in [0, 0.05) is 19.1 Å². The molecule has 4 bridgehead atoms. The van der Waals surface area contributed by atoms with Gasteiger partial charge in [0.2, 0.25) is 5.91 Å². The van der Waals surface area contributed by atoms with E-state index >= 15 is 0 Å². The fourth-order valence-corrected chi connectivity index (χ4v) is 5.98. The lowest BCUT2D eigenvalue weighted by Gasteiger charge is -2.61. The molecule has 0 aromatic rings. The Morgan fingerprint density at radius 1 is 1.17 bits per heavy atom. The minimum Gasteiger partial charge on any atom is -0.339 e. The van der Waals surface area contributed by atoms with Gasteiger partial charge in [-0.1, -0.05) is 6.92 Å². The van der Waals surface area contributed by atoms with Crippen molar-refractivity contribution in [2.24, 2.45) is 28.4 Å². The van der Waals surface area contributed by atoms with Gasteiger partial charge in [0.15, 0.2) is 0 Å². The van der Waals surface area contributed by atoms with Crippen LogP contribution in [0.4, 0.5) is 0 Å². The first-order valence-electron chi connectivity index (χ1n) is 7.53. The van der Waals surface area contributed by atoms with Gasteiger partial charge in [0.25, 0.3) is 0 Å². The van der Waals surface area contributed by atoms with E-state index in [-0.39, 0.29) is 11.5 Å². The molecular weight excluding hydrogens is 224 g/mol. The molecule has 0 radical (unpaired) electrons. The summed E-state index contributed by atoms with van der Waals surface area (Å²) in [5.74, 6) is 2.11. The molecule has 4 saturated carbocycles. The van der Waals surface area contributed by atoms with E-state index in [1.54, 1.807) is 0 Å². The van der Waals surface area contributed by atoms with Crippen molar-refractivity contribution in [3.8, 4) is 0 Å². The summed E-state index contributed by atoms with van der Waals surface area (Å²) in [7, 11) is 0. The SMILES string of the molecule is CC12CC3CC(C1)CC(C(=O)N1CC(N)C1)(C3)C2. The van der Waals surface area contributed by atoms with Crippen molar-refractivity contribution in [2.45, 2.75) is 51.5 Å². The number of carbonyl (C=O) groups excluding carboxylic acids is 1. The summed E-state index contributed by atoms with van der Waals surface area (Å²) in [4.78, 5) is 14.9. The van der Waals surface area contributed by atoms with Crippen molar-refractivity contribution in [1.82, 2.24) is 4.90 Å².